The van der Waals surface area contributed by atoms with E-state index in [9.17, 15) is 33.6 Å². The maximum absolute atomic E-state index is 14.4. The van der Waals surface area contributed by atoms with E-state index in [-0.39, 0.29) is 74.7 Å². The van der Waals surface area contributed by atoms with Crippen molar-refractivity contribution in [3.05, 3.63) is 35.9 Å². The predicted octanol–water partition coefficient (Wildman–Crippen LogP) is 3.95. The number of amides is 6. The van der Waals surface area contributed by atoms with Crippen LogP contribution in [0.4, 0.5) is 4.79 Å². The fourth-order valence-corrected chi connectivity index (χ4v) is 9.11. The topological polar surface area (TPSA) is 223 Å². The third kappa shape index (κ3) is 19.9. The van der Waals surface area contributed by atoms with Gasteiger partial charge in [0.15, 0.2) is 0 Å². The number of alkyl carbamates (subject to hydrolysis) is 1. The van der Waals surface area contributed by atoms with Gasteiger partial charge in [0.2, 0.25) is 29.5 Å². The molecule has 1 aromatic rings. The van der Waals surface area contributed by atoms with Crippen LogP contribution in [0.5, 0.6) is 0 Å². The van der Waals surface area contributed by atoms with E-state index in [0.717, 1.165) is 5.56 Å². The molecule has 1 saturated heterocycles. The zero-order valence-corrected chi connectivity index (χ0v) is 45.6. The molecule has 0 spiro atoms. The summed E-state index contributed by atoms with van der Waals surface area (Å²) in [7, 11) is 8.44. The first-order chi connectivity index (χ1) is 33.3. The number of esters is 1. The summed E-state index contributed by atoms with van der Waals surface area (Å²) in [5.74, 6) is -3.26. The molecule has 1 aliphatic heterocycles. The van der Waals surface area contributed by atoms with E-state index in [1.807, 2.05) is 90.9 Å². The maximum atomic E-state index is 14.4. The van der Waals surface area contributed by atoms with Gasteiger partial charge >= 0.3 is 12.1 Å². The summed E-state index contributed by atoms with van der Waals surface area (Å²) in [6.07, 6.45) is -0.0114. The summed E-state index contributed by atoms with van der Waals surface area (Å²) in [6, 6.07) is 5.20. The molecule has 0 saturated carbocycles. The minimum Gasteiger partial charge on any atom is -0.462 e. The molecule has 19 nitrogen and oxygen atoms in total. The van der Waals surface area contributed by atoms with Gasteiger partial charge in [0.05, 0.1) is 55.9 Å². The SMILES string of the molecule is CC[C@H](C)C([C@@H](CC(=O)N1CCC[C@H]1[C@H](OC)[C@@H](C)C(=O)N[C@@H](Cc1ccccc1)C(=O)NCCOCCOC(=O)[C@H](C)NC(=O)OC(C)(C)C)OC)N(C)C(=O)[C@@H](NC(=O)[C@H](C(C)C)N(C)C)C(C)C. The number of nitrogens with one attached hydrogen (secondary N) is 4. The van der Waals surface area contributed by atoms with Gasteiger partial charge in [-0.1, -0.05) is 85.2 Å². The lowest BCUT2D eigenvalue weighted by atomic mass is 9.89. The van der Waals surface area contributed by atoms with Crippen molar-refractivity contribution in [2.24, 2.45) is 23.7 Å². The summed E-state index contributed by atoms with van der Waals surface area (Å²) >= 11 is 0. The molecule has 0 aromatic heterocycles. The quantitative estimate of drug-likeness (QED) is 0.0661. The Hall–Kier alpha value is -4.85. The van der Waals surface area contributed by atoms with Crippen LogP contribution in [0.2, 0.25) is 0 Å². The minimum atomic E-state index is -0.959. The Morgan fingerprint density at radius 2 is 1.45 bits per heavy atom. The van der Waals surface area contributed by atoms with Gasteiger partial charge in [-0.2, -0.15) is 0 Å². The second-order valence-electron chi connectivity index (χ2n) is 20.7. The van der Waals surface area contributed by atoms with Crippen LogP contribution in [-0.4, -0.2) is 179 Å². The van der Waals surface area contributed by atoms with Crippen molar-refractivity contribution in [2.75, 3.05) is 68.3 Å². The molecular weight excluding hydrogens is 915 g/mol. The molecule has 0 bridgehead atoms. The minimum absolute atomic E-state index is 0.0154. The highest BCUT2D eigenvalue weighted by atomic mass is 16.6. The second-order valence-corrected chi connectivity index (χ2v) is 20.7. The molecule has 19 heteroatoms. The first-order valence-corrected chi connectivity index (χ1v) is 25.2. The Morgan fingerprint density at radius 3 is 2.00 bits per heavy atom. The zero-order valence-electron chi connectivity index (χ0n) is 45.6. The van der Waals surface area contributed by atoms with E-state index >= 15 is 0 Å². The summed E-state index contributed by atoms with van der Waals surface area (Å²) < 4.78 is 28.0. The lowest BCUT2D eigenvalue weighted by Gasteiger charge is -2.41. The van der Waals surface area contributed by atoms with Crippen LogP contribution in [0.25, 0.3) is 0 Å². The molecule has 404 valence electrons. The Balaban J connectivity index is 2.16. The molecule has 1 heterocycles. The second kappa shape index (κ2) is 30.2. The van der Waals surface area contributed by atoms with Crippen molar-refractivity contribution in [1.29, 1.82) is 0 Å². The Kier molecular flexibility index (Phi) is 26.5. The standard InChI is InChI=1S/C52H89N7O12/c1-17-34(6)44(58(14)49(64)42(32(2)3)56-48(63)43(33(4)5)57(12)13)40(67-15)31-41(60)59-26-21-24-39(59)45(68-16)35(7)46(61)55-38(30-37-22-19-18-20-23-37)47(62)53-25-27-69-28-29-70-50(65)36(8)54-51(66)71-52(9,10)11/h18-20,22-23,32-36,38-40,42-45H,17,21,24-31H2,1-16H3,(H,53,62)(H,54,66)(H,55,61)(H,56,63)/t34-,35+,36-,38-,39-,40+,42-,43-,44?,45+/m0/s1. The Morgan fingerprint density at radius 1 is 0.803 bits per heavy atom. The van der Waals surface area contributed by atoms with E-state index < -0.39 is 83.9 Å². The van der Waals surface area contributed by atoms with E-state index in [0.29, 0.717) is 25.8 Å². The first-order valence-electron chi connectivity index (χ1n) is 25.2. The molecular formula is C52H89N7O12. The Labute approximate surface area is 423 Å². The zero-order chi connectivity index (χ0) is 53.7. The molecule has 1 unspecified atom stereocenters. The molecule has 2 rings (SSSR count). The van der Waals surface area contributed by atoms with Crippen LogP contribution in [0.3, 0.4) is 0 Å². The molecule has 4 N–H and O–H groups in total. The number of ether oxygens (including phenoxy) is 5. The van der Waals surface area contributed by atoms with Gasteiger partial charge in [-0.3, -0.25) is 28.9 Å². The van der Waals surface area contributed by atoms with Crippen molar-refractivity contribution in [3.63, 3.8) is 0 Å². The lowest BCUT2D eigenvalue weighted by Crippen LogP contribution is -2.59. The van der Waals surface area contributed by atoms with E-state index in [1.54, 1.807) is 44.5 Å². The average Bonchev–Trinajstić information content (AvgIpc) is 3.78. The van der Waals surface area contributed by atoms with Crippen molar-refractivity contribution >= 4 is 41.6 Å². The number of benzene rings is 1. The number of likely N-dealkylation sites (tertiary alicyclic amines) is 1. The van der Waals surface area contributed by atoms with Gasteiger partial charge in [-0.05, 0) is 77.9 Å². The first kappa shape index (κ1) is 62.3. The van der Waals surface area contributed by atoms with Gasteiger partial charge in [0, 0.05) is 40.8 Å². The smallest absolute Gasteiger partial charge is 0.408 e. The molecule has 0 radical (unpaired) electrons. The van der Waals surface area contributed by atoms with E-state index in [2.05, 4.69) is 21.3 Å². The lowest BCUT2D eigenvalue weighted by molar-refractivity contribution is -0.148. The van der Waals surface area contributed by atoms with Crippen LogP contribution in [0.15, 0.2) is 30.3 Å². The normalized spacial score (nSPS) is 17.8. The number of nitrogens with zero attached hydrogens (tertiary/aromatic N) is 3. The highest BCUT2D eigenvalue weighted by Crippen LogP contribution is 2.30. The summed E-state index contributed by atoms with van der Waals surface area (Å²) in [4.78, 5) is 99.7. The number of hydrogen-bond donors (Lipinski definition) is 4. The van der Waals surface area contributed by atoms with Gasteiger partial charge in [0.1, 0.15) is 30.3 Å². The summed E-state index contributed by atoms with van der Waals surface area (Å²) in [5.41, 5.74) is 0.108. The fraction of sp³-hybridized carbons (Fsp3) is 0.750. The third-order valence-corrected chi connectivity index (χ3v) is 13.0. The molecule has 6 amide bonds. The number of likely N-dealkylation sites (N-methyl/N-ethyl adjacent to an activating group) is 2. The molecule has 1 aliphatic rings. The van der Waals surface area contributed by atoms with Crippen LogP contribution in [-0.2, 0) is 58.9 Å². The van der Waals surface area contributed by atoms with Gasteiger partial charge in [-0.15, -0.1) is 0 Å². The van der Waals surface area contributed by atoms with Crippen molar-refractivity contribution < 1.29 is 57.2 Å². The summed E-state index contributed by atoms with van der Waals surface area (Å²) in [6.45, 7) is 20.7. The molecule has 10 atom stereocenters. The van der Waals surface area contributed by atoms with Crippen LogP contribution in [0.1, 0.15) is 107 Å². The van der Waals surface area contributed by atoms with Crippen molar-refractivity contribution in [2.45, 2.75) is 162 Å². The van der Waals surface area contributed by atoms with E-state index in [1.165, 1.54) is 21.1 Å². The molecule has 1 fully saturated rings. The molecule has 1 aromatic carbocycles. The average molecular weight is 1000 g/mol. The maximum Gasteiger partial charge on any atom is 0.408 e. The number of rotatable bonds is 29. The number of methoxy groups -OCH3 is 2. The van der Waals surface area contributed by atoms with Gasteiger partial charge in [0.25, 0.3) is 0 Å². The fourth-order valence-electron chi connectivity index (χ4n) is 9.11. The molecule has 71 heavy (non-hydrogen) atoms. The largest absolute Gasteiger partial charge is 0.462 e. The van der Waals surface area contributed by atoms with E-state index in [4.69, 9.17) is 23.7 Å². The highest BCUT2D eigenvalue weighted by molar-refractivity contribution is 5.91. The monoisotopic (exact) mass is 1000 g/mol. The van der Waals surface area contributed by atoms with Gasteiger partial charge in [-0.25, -0.2) is 9.59 Å². The number of hydrogen-bond acceptors (Lipinski definition) is 13. The van der Waals surface area contributed by atoms with Crippen LogP contribution < -0.4 is 21.3 Å². The highest BCUT2D eigenvalue weighted by Gasteiger charge is 2.43. The van der Waals surface area contributed by atoms with Crippen LogP contribution in [0, 0.1) is 23.7 Å². The third-order valence-electron chi connectivity index (χ3n) is 13.0. The number of carbonyl (C=O) groups is 7. The van der Waals surface area contributed by atoms with Crippen molar-refractivity contribution in [1.82, 2.24) is 36.0 Å². The van der Waals surface area contributed by atoms with Crippen molar-refractivity contribution in [3.8, 4) is 0 Å². The summed E-state index contributed by atoms with van der Waals surface area (Å²) in [5, 5.41) is 11.2. The Bertz CT molecular complexity index is 1840. The predicted molar refractivity (Wildman–Crippen MR) is 271 cm³/mol. The van der Waals surface area contributed by atoms with Gasteiger partial charge < -0.3 is 54.8 Å². The number of carbonyl (C=O) groups excluding carboxylic acids is 7. The molecule has 0 aliphatic carbocycles. The van der Waals surface area contributed by atoms with Crippen LogP contribution >= 0.6 is 0 Å².